The van der Waals surface area contributed by atoms with E-state index in [1.807, 2.05) is 37.8 Å². The molecule has 1 aromatic heterocycles. The Morgan fingerprint density at radius 3 is 2.57 bits per heavy atom. The number of likely N-dealkylation sites (tertiary alicyclic amines) is 1. The van der Waals surface area contributed by atoms with Crippen LogP contribution in [0.4, 0.5) is 4.79 Å². The zero-order chi connectivity index (χ0) is 20.9. The number of ether oxygens (including phenoxy) is 2. The lowest BCUT2D eigenvalue weighted by atomic mass is 9.92. The Hall–Kier alpha value is -2.01. The number of carbonyl (C=O) groups is 1. The maximum Gasteiger partial charge on any atom is 0.410 e. The van der Waals surface area contributed by atoms with Gasteiger partial charge in [-0.2, -0.15) is 0 Å². The third-order valence-electron chi connectivity index (χ3n) is 5.23. The van der Waals surface area contributed by atoms with Crippen molar-refractivity contribution in [1.29, 1.82) is 0 Å². The van der Waals surface area contributed by atoms with E-state index in [0.29, 0.717) is 13.2 Å². The lowest BCUT2D eigenvalue weighted by molar-refractivity contribution is 0.0196. The van der Waals surface area contributed by atoms with E-state index in [0.717, 1.165) is 43.6 Å². The third kappa shape index (κ3) is 5.07. The quantitative estimate of drug-likeness (QED) is 0.601. The number of hydrogen-bond donors (Lipinski definition) is 0. The largest absolute Gasteiger partial charge is 0.444 e. The number of amides is 1. The average Bonchev–Trinajstić information content (AvgIpc) is 2.91. The van der Waals surface area contributed by atoms with E-state index in [2.05, 4.69) is 24.6 Å². The van der Waals surface area contributed by atoms with Crippen molar-refractivity contribution in [2.75, 3.05) is 26.8 Å². The predicted octanol–water partition coefficient (Wildman–Crippen LogP) is 5.23. The normalized spacial score (nSPS) is 17.5. The third-order valence-corrected chi connectivity index (χ3v) is 5.23. The molecule has 28 heavy (non-hydrogen) atoms. The van der Waals surface area contributed by atoms with Gasteiger partial charge in [-0.15, -0.1) is 0 Å². The van der Waals surface area contributed by atoms with E-state index in [1.54, 1.807) is 7.11 Å². The number of nitrogens with zero attached hydrogens (tertiary/aromatic N) is 2. The van der Waals surface area contributed by atoms with Gasteiger partial charge in [0.05, 0.1) is 0 Å². The van der Waals surface area contributed by atoms with Crippen molar-refractivity contribution in [2.45, 2.75) is 65.0 Å². The highest BCUT2D eigenvalue weighted by molar-refractivity contribution is 5.69. The Morgan fingerprint density at radius 2 is 2.00 bits per heavy atom. The van der Waals surface area contributed by atoms with Gasteiger partial charge in [-0.05, 0) is 58.6 Å². The number of carbonyl (C=O) groups excluding carboxylic acids is 1. The summed E-state index contributed by atoms with van der Waals surface area (Å²) in [5.74, 6) is 0.274. The predicted molar refractivity (Wildman–Crippen MR) is 116 cm³/mol. The van der Waals surface area contributed by atoms with Gasteiger partial charge in [0, 0.05) is 56.2 Å². The minimum Gasteiger partial charge on any atom is -0.444 e. The first-order chi connectivity index (χ1) is 13.2. The number of hydrogen-bond acceptors (Lipinski definition) is 3. The van der Waals surface area contributed by atoms with Crippen LogP contribution < -0.4 is 0 Å². The van der Waals surface area contributed by atoms with Crippen LogP contribution in [-0.4, -0.2) is 48.0 Å². The fourth-order valence-electron chi connectivity index (χ4n) is 4.11. The molecule has 1 aromatic rings. The van der Waals surface area contributed by atoms with Crippen molar-refractivity contribution in [3.8, 4) is 0 Å². The molecule has 0 bridgehead atoms. The molecule has 1 amide bonds. The fraction of sp³-hybridized carbons (Fsp3) is 0.609. The summed E-state index contributed by atoms with van der Waals surface area (Å²) in [5, 5.41) is 0. The Morgan fingerprint density at radius 1 is 1.29 bits per heavy atom. The molecule has 1 unspecified atom stereocenters. The molecular formula is C23H36N2O3. The minimum absolute atomic E-state index is 0.222. The van der Waals surface area contributed by atoms with Crippen LogP contribution in [-0.2, 0) is 16.0 Å². The van der Waals surface area contributed by atoms with Crippen molar-refractivity contribution < 1.29 is 14.3 Å². The SMILES string of the molecule is C=Cc1c(C)c(C2CCCN(C(=O)OC(C)(C)C)C2)n(CCCOC)c1C=C. The summed E-state index contributed by atoms with van der Waals surface area (Å²) < 4.78 is 13.2. The minimum atomic E-state index is -0.480. The van der Waals surface area contributed by atoms with E-state index >= 15 is 0 Å². The highest BCUT2D eigenvalue weighted by atomic mass is 16.6. The average molecular weight is 389 g/mol. The number of piperidine rings is 1. The van der Waals surface area contributed by atoms with Gasteiger partial charge in [-0.25, -0.2) is 4.79 Å². The molecule has 5 heteroatoms. The van der Waals surface area contributed by atoms with Crippen LogP contribution in [0.1, 0.15) is 68.5 Å². The van der Waals surface area contributed by atoms with Gasteiger partial charge in [0.25, 0.3) is 0 Å². The van der Waals surface area contributed by atoms with Crippen LogP contribution >= 0.6 is 0 Å². The van der Waals surface area contributed by atoms with Gasteiger partial charge in [-0.3, -0.25) is 0 Å². The van der Waals surface area contributed by atoms with Gasteiger partial charge < -0.3 is 18.9 Å². The standard InChI is InChI=1S/C23H36N2O3/c1-8-19-17(3)21(25(20(19)9-2)14-11-15-27-7)18-12-10-13-24(16-18)22(26)28-23(4,5)6/h8-9,18H,1-2,10-16H2,3-7H3. The summed E-state index contributed by atoms with van der Waals surface area (Å²) >= 11 is 0. The maximum absolute atomic E-state index is 12.6. The highest BCUT2D eigenvalue weighted by Crippen LogP contribution is 2.35. The lowest BCUT2D eigenvalue weighted by Gasteiger charge is -2.35. The first kappa shape index (κ1) is 22.3. The molecule has 156 valence electrons. The van der Waals surface area contributed by atoms with Gasteiger partial charge in [0.15, 0.2) is 0 Å². The van der Waals surface area contributed by atoms with Gasteiger partial charge in [0.2, 0.25) is 0 Å². The summed E-state index contributed by atoms with van der Waals surface area (Å²) in [4.78, 5) is 14.5. The molecule has 0 spiro atoms. The van der Waals surface area contributed by atoms with Crippen LogP contribution in [0.5, 0.6) is 0 Å². The van der Waals surface area contributed by atoms with Gasteiger partial charge in [0.1, 0.15) is 5.60 Å². The molecule has 2 rings (SSSR count). The highest BCUT2D eigenvalue weighted by Gasteiger charge is 2.31. The lowest BCUT2D eigenvalue weighted by Crippen LogP contribution is -2.42. The van der Waals surface area contributed by atoms with Crippen molar-refractivity contribution in [1.82, 2.24) is 9.47 Å². The first-order valence-electron chi connectivity index (χ1n) is 10.2. The maximum atomic E-state index is 12.6. The van der Waals surface area contributed by atoms with Gasteiger partial charge >= 0.3 is 6.09 Å². The van der Waals surface area contributed by atoms with Gasteiger partial charge in [-0.1, -0.05) is 19.2 Å². The van der Waals surface area contributed by atoms with Crippen LogP contribution in [0.25, 0.3) is 12.2 Å². The Kier molecular flexibility index (Phi) is 7.53. The molecule has 1 aliphatic heterocycles. The van der Waals surface area contributed by atoms with E-state index in [9.17, 15) is 4.79 Å². The second-order valence-corrected chi connectivity index (χ2v) is 8.48. The number of aromatic nitrogens is 1. The Labute approximate surface area is 170 Å². The van der Waals surface area contributed by atoms with E-state index in [1.165, 1.54) is 11.3 Å². The molecule has 0 saturated carbocycles. The molecule has 1 atom stereocenters. The molecule has 0 aliphatic carbocycles. The molecule has 2 heterocycles. The van der Waals surface area contributed by atoms with Crippen molar-refractivity contribution in [2.24, 2.45) is 0 Å². The summed E-state index contributed by atoms with van der Waals surface area (Å²) in [7, 11) is 1.73. The monoisotopic (exact) mass is 388 g/mol. The van der Waals surface area contributed by atoms with Crippen molar-refractivity contribution in [3.63, 3.8) is 0 Å². The number of methoxy groups -OCH3 is 1. The van der Waals surface area contributed by atoms with E-state index in [-0.39, 0.29) is 12.0 Å². The second kappa shape index (κ2) is 9.46. The van der Waals surface area contributed by atoms with Crippen LogP contribution in [0, 0.1) is 6.92 Å². The first-order valence-corrected chi connectivity index (χ1v) is 10.2. The van der Waals surface area contributed by atoms with Crippen LogP contribution in [0.15, 0.2) is 13.2 Å². The zero-order valence-electron chi connectivity index (χ0n) is 18.2. The topological polar surface area (TPSA) is 43.7 Å². The molecule has 0 radical (unpaired) electrons. The fourth-order valence-corrected chi connectivity index (χ4v) is 4.11. The number of rotatable bonds is 7. The van der Waals surface area contributed by atoms with E-state index < -0.39 is 5.60 Å². The summed E-state index contributed by atoms with van der Waals surface area (Å²) in [6.45, 7) is 18.9. The molecule has 1 aliphatic rings. The summed E-state index contributed by atoms with van der Waals surface area (Å²) in [6, 6.07) is 0. The zero-order valence-corrected chi connectivity index (χ0v) is 18.2. The Bertz CT molecular complexity index is 712. The smallest absolute Gasteiger partial charge is 0.410 e. The van der Waals surface area contributed by atoms with Crippen LogP contribution in [0.2, 0.25) is 0 Å². The molecule has 1 saturated heterocycles. The molecule has 1 fully saturated rings. The second-order valence-electron chi connectivity index (χ2n) is 8.48. The molecule has 5 nitrogen and oxygen atoms in total. The summed E-state index contributed by atoms with van der Waals surface area (Å²) in [5.41, 5.74) is 4.28. The molecule has 0 aromatic carbocycles. The van der Waals surface area contributed by atoms with E-state index in [4.69, 9.17) is 9.47 Å². The van der Waals surface area contributed by atoms with Crippen molar-refractivity contribution >= 4 is 18.2 Å². The molecule has 0 N–H and O–H groups in total. The van der Waals surface area contributed by atoms with Crippen molar-refractivity contribution in [3.05, 3.63) is 35.7 Å². The molecular weight excluding hydrogens is 352 g/mol. The Balaban J connectivity index is 2.34. The summed E-state index contributed by atoms with van der Waals surface area (Å²) in [6.07, 6.45) is 6.56. The van der Waals surface area contributed by atoms with Crippen LogP contribution in [0.3, 0.4) is 0 Å².